The molecule has 0 aliphatic rings. The Morgan fingerprint density at radius 2 is 1.61 bits per heavy atom. The molecule has 0 atom stereocenters. The van der Waals surface area contributed by atoms with Gasteiger partial charge in [0.25, 0.3) is 5.91 Å². The van der Waals surface area contributed by atoms with E-state index in [1.807, 2.05) is 26.0 Å². The van der Waals surface area contributed by atoms with E-state index in [1.54, 1.807) is 48.5 Å². The Morgan fingerprint density at radius 1 is 0.939 bits per heavy atom. The van der Waals surface area contributed by atoms with Crippen LogP contribution in [0.15, 0.2) is 82.8 Å². The molecule has 0 spiro atoms. The van der Waals surface area contributed by atoms with E-state index in [0.717, 1.165) is 11.1 Å². The molecule has 33 heavy (non-hydrogen) atoms. The molecule has 0 aromatic heterocycles. The van der Waals surface area contributed by atoms with Crippen LogP contribution in [0.3, 0.4) is 0 Å². The van der Waals surface area contributed by atoms with Crippen LogP contribution in [-0.2, 0) is 14.8 Å². The molecule has 0 bridgehead atoms. The van der Waals surface area contributed by atoms with Gasteiger partial charge in [-0.15, -0.1) is 0 Å². The number of esters is 1. The number of ether oxygens (including phenoxy) is 1. The van der Waals surface area contributed by atoms with Crippen molar-refractivity contribution >= 4 is 28.1 Å². The van der Waals surface area contributed by atoms with E-state index in [1.165, 1.54) is 18.3 Å². The Balaban J connectivity index is 1.49. The number of rotatable bonds is 8. The maximum atomic E-state index is 12.3. The van der Waals surface area contributed by atoms with E-state index in [-0.39, 0.29) is 4.90 Å². The second kappa shape index (κ2) is 10.7. The number of sulfonamides is 1. The number of hydrazone groups is 1. The molecule has 0 heterocycles. The number of hydrogen-bond acceptors (Lipinski definition) is 6. The van der Waals surface area contributed by atoms with Gasteiger partial charge < -0.3 is 4.74 Å². The summed E-state index contributed by atoms with van der Waals surface area (Å²) in [5, 5.41) is 3.81. The van der Waals surface area contributed by atoms with Crippen molar-refractivity contribution in [3.63, 3.8) is 0 Å². The van der Waals surface area contributed by atoms with Gasteiger partial charge in [0.05, 0.1) is 23.2 Å². The SMILES string of the molecule is Cc1ccc(S(=O)(=O)NCC(=O)NN=Cc2ccc(OC(=O)c3ccccc3C)cc2)cc1. The normalized spacial score (nSPS) is 11.3. The van der Waals surface area contributed by atoms with E-state index in [2.05, 4.69) is 15.2 Å². The van der Waals surface area contributed by atoms with Crippen LogP contribution in [0.2, 0.25) is 0 Å². The molecule has 0 fully saturated rings. The minimum Gasteiger partial charge on any atom is -0.423 e. The van der Waals surface area contributed by atoms with Gasteiger partial charge in [0, 0.05) is 0 Å². The monoisotopic (exact) mass is 465 g/mol. The number of nitrogens with zero attached hydrogens (tertiary/aromatic N) is 1. The van der Waals surface area contributed by atoms with Crippen LogP contribution in [0.4, 0.5) is 0 Å². The first-order valence-corrected chi connectivity index (χ1v) is 11.5. The van der Waals surface area contributed by atoms with Gasteiger partial charge in [-0.25, -0.2) is 23.4 Å². The van der Waals surface area contributed by atoms with Gasteiger partial charge in [-0.3, -0.25) is 4.79 Å². The van der Waals surface area contributed by atoms with Crippen LogP contribution in [0.25, 0.3) is 0 Å². The van der Waals surface area contributed by atoms with E-state index in [9.17, 15) is 18.0 Å². The highest BCUT2D eigenvalue weighted by atomic mass is 32.2. The first-order chi connectivity index (χ1) is 15.7. The summed E-state index contributed by atoms with van der Waals surface area (Å²) in [6.07, 6.45) is 1.39. The van der Waals surface area contributed by atoms with Crippen LogP contribution in [-0.4, -0.2) is 33.1 Å². The Kier molecular flexibility index (Phi) is 7.70. The lowest BCUT2D eigenvalue weighted by atomic mass is 10.1. The zero-order valence-corrected chi connectivity index (χ0v) is 18.9. The Bertz CT molecular complexity index is 1270. The Hall–Kier alpha value is -3.82. The molecule has 9 heteroatoms. The van der Waals surface area contributed by atoms with Gasteiger partial charge in [0.1, 0.15) is 5.75 Å². The van der Waals surface area contributed by atoms with Crippen LogP contribution >= 0.6 is 0 Å². The van der Waals surface area contributed by atoms with Crippen molar-refractivity contribution in [2.75, 3.05) is 6.54 Å². The van der Waals surface area contributed by atoms with Gasteiger partial charge in [0.15, 0.2) is 0 Å². The number of benzene rings is 3. The van der Waals surface area contributed by atoms with Gasteiger partial charge in [0.2, 0.25) is 10.0 Å². The molecule has 0 saturated carbocycles. The summed E-state index contributed by atoms with van der Waals surface area (Å²) in [5.41, 5.74) is 5.14. The first kappa shape index (κ1) is 23.8. The van der Waals surface area contributed by atoms with Crippen LogP contribution in [0, 0.1) is 13.8 Å². The van der Waals surface area contributed by atoms with Crippen molar-refractivity contribution in [3.05, 3.63) is 95.1 Å². The molecule has 3 aromatic rings. The van der Waals surface area contributed by atoms with Gasteiger partial charge in [-0.05, 0) is 67.4 Å². The third kappa shape index (κ3) is 6.83. The molecule has 0 aliphatic carbocycles. The number of carbonyl (C=O) groups excluding carboxylic acids is 2. The van der Waals surface area contributed by atoms with Crippen molar-refractivity contribution < 1.29 is 22.7 Å². The number of hydrogen-bond donors (Lipinski definition) is 2. The summed E-state index contributed by atoms with van der Waals surface area (Å²) in [5.74, 6) is -0.699. The summed E-state index contributed by atoms with van der Waals surface area (Å²) in [7, 11) is -3.79. The topological polar surface area (TPSA) is 114 Å². The fourth-order valence-corrected chi connectivity index (χ4v) is 3.75. The Labute approximate surface area is 192 Å². The molecule has 0 aliphatic heterocycles. The zero-order chi connectivity index (χ0) is 23.8. The minimum absolute atomic E-state index is 0.0765. The summed E-state index contributed by atoms with van der Waals surface area (Å²) in [4.78, 5) is 24.2. The molecule has 0 radical (unpaired) electrons. The van der Waals surface area contributed by atoms with Crippen LogP contribution in [0.5, 0.6) is 5.75 Å². The average molecular weight is 466 g/mol. The zero-order valence-electron chi connectivity index (χ0n) is 18.1. The molecule has 0 saturated heterocycles. The van der Waals surface area contributed by atoms with E-state index in [0.29, 0.717) is 16.9 Å². The highest BCUT2D eigenvalue weighted by Gasteiger charge is 2.15. The molecular weight excluding hydrogens is 442 g/mol. The van der Waals surface area contributed by atoms with Crippen molar-refractivity contribution in [1.82, 2.24) is 10.1 Å². The lowest BCUT2D eigenvalue weighted by Gasteiger charge is -2.07. The van der Waals surface area contributed by atoms with E-state index >= 15 is 0 Å². The van der Waals surface area contributed by atoms with Crippen molar-refractivity contribution in [2.45, 2.75) is 18.7 Å². The number of aryl methyl sites for hydroxylation is 2. The molecule has 8 nitrogen and oxygen atoms in total. The summed E-state index contributed by atoms with van der Waals surface area (Å²) >= 11 is 0. The molecule has 3 aromatic carbocycles. The lowest BCUT2D eigenvalue weighted by Crippen LogP contribution is -2.34. The molecule has 3 rings (SSSR count). The van der Waals surface area contributed by atoms with Crippen molar-refractivity contribution in [2.24, 2.45) is 5.10 Å². The third-order valence-corrected chi connectivity index (χ3v) is 6.03. The fourth-order valence-electron chi connectivity index (χ4n) is 2.77. The Morgan fingerprint density at radius 3 is 2.27 bits per heavy atom. The molecule has 170 valence electrons. The quantitative estimate of drug-likeness (QED) is 0.230. The van der Waals surface area contributed by atoms with Crippen LogP contribution < -0.4 is 14.9 Å². The minimum atomic E-state index is -3.79. The summed E-state index contributed by atoms with van der Waals surface area (Å²) < 4.78 is 32.0. The second-order valence-electron chi connectivity index (χ2n) is 7.20. The molecule has 1 amide bonds. The molecular formula is C24H23N3O5S. The molecule has 0 unspecified atom stereocenters. The van der Waals surface area contributed by atoms with E-state index < -0.39 is 28.4 Å². The van der Waals surface area contributed by atoms with Crippen molar-refractivity contribution in [3.8, 4) is 5.75 Å². The standard InChI is InChI=1S/C24H23N3O5S/c1-17-7-13-21(14-8-17)33(30,31)26-16-23(28)27-25-15-19-9-11-20(12-10-19)32-24(29)22-6-4-3-5-18(22)2/h3-15,26H,16H2,1-2H3,(H,27,28). The maximum absolute atomic E-state index is 12.3. The first-order valence-electron chi connectivity index (χ1n) is 10.0. The van der Waals surface area contributed by atoms with Crippen molar-refractivity contribution in [1.29, 1.82) is 0 Å². The van der Waals surface area contributed by atoms with E-state index in [4.69, 9.17) is 4.74 Å². The molecule has 2 N–H and O–H groups in total. The largest absolute Gasteiger partial charge is 0.423 e. The number of carbonyl (C=O) groups is 2. The highest BCUT2D eigenvalue weighted by Crippen LogP contribution is 2.15. The maximum Gasteiger partial charge on any atom is 0.343 e. The second-order valence-corrected chi connectivity index (χ2v) is 8.97. The third-order valence-electron chi connectivity index (χ3n) is 4.61. The van der Waals surface area contributed by atoms with Crippen LogP contribution in [0.1, 0.15) is 27.0 Å². The number of amides is 1. The number of nitrogens with one attached hydrogen (secondary N) is 2. The smallest absolute Gasteiger partial charge is 0.343 e. The van der Waals surface area contributed by atoms with Gasteiger partial charge in [-0.2, -0.15) is 5.10 Å². The highest BCUT2D eigenvalue weighted by molar-refractivity contribution is 7.89. The average Bonchev–Trinajstić information content (AvgIpc) is 2.79. The fraction of sp³-hybridized carbons (Fsp3) is 0.125. The lowest BCUT2D eigenvalue weighted by molar-refractivity contribution is -0.119. The predicted octanol–water partition coefficient (Wildman–Crippen LogP) is 2.95. The predicted molar refractivity (Wildman–Crippen MR) is 125 cm³/mol. The summed E-state index contributed by atoms with van der Waals surface area (Å²) in [6.45, 7) is 3.22. The van der Waals surface area contributed by atoms with Gasteiger partial charge in [-0.1, -0.05) is 35.9 Å². The summed E-state index contributed by atoms with van der Waals surface area (Å²) in [6, 6.07) is 20.0. The van der Waals surface area contributed by atoms with Gasteiger partial charge >= 0.3 is 5.97 Å².